The molecule has 3 aliphatic rings. The zero-order chi connectivity index (χ0) is 19.8. The summed E-state index contributed by atoms with van der Waals surface area (Å²) >= 11 is 1.88. The van der Waals surface area contributed by atoms with E-state index in [4.69, 9.17) is 4.74 Å². The number of halogens is 2. The van der Waals surface area contributed by atoms with Crippen LogP contribution >= 0.6 is 36.2 Å². The van der Waals surface area contributed by atoms with Crippen LogP contribution in [0.4, 0.5) is 5.69 Å². The summed E-state index contributed by atoms with van der Waals surface area (Å²) in [6.07, 6.45) is 3.67. The summed E-state index contributed by atoms with van der Waals surface area (Å²) < 4.78 is 5.46. The number of methoxy groups -OCH3 is 1. The Balaban J connectivity index is 0.00000136. The summed E-state index contributed by atoms with van der Waals surface area (Å²) in [5.41, 5.74) is 3.49. The summed E-state index contributed by atoms with van der Waals surface area (Å²) in [6.45, 7) is 5.90. The van der Waals surface area contributed by atoms with Crippen LogP contribution < -0.4 is 4.90 Å². The number of carbonyl (C=O) groups excluding carboxylic acids is 1. The van der Waals surface area contributed by atoms with E-state index in [1.807, 2.05) is 28.4 Å². The molecule has 2 fully saturated rings. The van der Waals surface area contributed by atoms with Gasteiger partial charge in [0, 0.05) is 68.5 Å². The zero-order valence-electron chi connectivity index (χ0n) is 17.9. The van der Waals surface area contributed by atoms with Crippen molar-refractivity contribution in [1.29, 1.82) is 0 Å². The minimum atomic E-state index is 0. The smallest absolute Gasteiger partial charge is 0.253 e. The molecule has 0 unspecified atom stereocenters. The first-order valence-corrected chi connectivity index (χ1v) is 11.6. The molecule has 8 heteroatoms. The third-order valence-electron chi connectivity index (χ3n) is 6.76. The van der Waals surface area contributed by atoms with Gasteiger partial charge in [-0.1, -0.05) is 0 Å². The summed E-state index contributed by atoms with van der Waals surface area (Å²) in [7, 11) is 1.80. The van der Waals surface area contributed by atoms with Gasteiger partial charge in [0.05, 0.1) is 6.10 Å². The molecule has 170 valence electrons. The Morgan fingerprint density at radius 2 is 1.74 bits per heavy atom. The number of thiophene rings is 1. The highest BCUT2D eigenvalue weighted by Gasteiger charge is 2.36. The number of nitrogens with zero attached hydrogens (tertiary/aromatic N) is 3. The lowest BCUT2D eigenvalue weighted by atomic mass is 10.0. The van der Waals surface area contributed by atoms with Crippen molar-refractivity contribution >= 4 is 47.7 Å². The van der Waals surface area contributed by atoms with E-state index in [0.29, 0.717) is 12.1 Å². The third kappa shape index (κ3) is 5.04. The van der Waals surface area contributed by atoms with Crippen LogP contribution in [0.1, 0.15) is 33.6 Å². The highest BCUT2D eigenvalue weighted by atomic mass is 35.5. The van der Waals surface area contributed by atoms with Crippen molar-refractivity contribution in [2.24, 2.45) is 0 Å². The molecule has 0 atom stereocenters. The molecule has 2 saturated heterocycles. The van der Waals surface area contributed by atoms with E-state index in [-0.39, 0.29) is 30.7 Å². The summed E-state index contributed by atoms with van der Waals surface area (Å²) in [5.74, 6) is 0.166. The Kier molecular flexibility index (Phi) is 8.27. The molecule has 0 radical (unpaired) electrons. The first-order valence-electron chi connectivity index (χ1n) is 10.7. The van der Waals surface area contributed by atoms with Gasteiger partial charge in [0.15, 0.2) is 0 Å². The molecule has 2 aromatic rings. The van der Waals surface area contributed by atoms with Gasteiger partial charge in [-0.05, 0) is 60.5 Å². The topological polar surface area (TPSA) is 36.0 Å². The minimum Gasteiger partial charge on any atom is -0.381 e. The number of ether oxygens (including phenoxy) is 1. The number of amides is 1. The molecular formula is C23H31Cl2N3O2S. The van der Waals surface area contributed by atoms with E-state index >= 15 is 0 Å². The monoisotopic (exact) mass is 483 g/mol. The van der Waals surface area contributed by atoms with Crippen molar-refractivity contribution in [3.63, 3.8) is 0 Å². The number of piperidine rings is 1. The highest BCUT2D eigenvalue weighted by Crippen LogP contribution is 2.28. The molecule has 1 aromatic carbocycles. The maximum Gasteiger partial charge on any atom is 0.253 e. The SMILES string of the molecule is COC1CCN(c2ccc(C(=O)N3CC(N4CCc5sccc5C4)C3)cc2)CC1.Cl.Cl. The fourth-order valence-electron chi connectivity index (χ4n) is 4.78. The quantitative estimate of drug-likeness (QED) is 0.655. The van der Waals surface area contributed by atoms with Crippen LogP contribution in [0.15, 0.2) is 35.7 Å². The lowest BCUT2D eigenvalue weighted by Gasteiger charge is -2.46. The van der Waals surface area contributed by atoms with E-state index in [1.54, 1.807) is 12.0 Å². The van der Waals surface area contributed by atoms with Crippen LogP contribution in [-0.4, -0.2) is 67.7 Å². The lowest BCUT2D eigenvalue weighted by Crippen LogP contribution is -2.61. The Bertz CT molecular complexity index is 862. The second-order valence-corrected chi connectivity index (χ2v) is 9.42. The van der Waals surface area contributed by atoms with Gasteiger partial charge in [-0.2, -0.15) is 0 Å². The van der Waals surface area contributed by atoms with Gasteiger partial charge in [0.2, 0.25) is 0 Å². The largest absolute Gasteiger partial charge is 0.381 e. The van der Waals surface area contributed by atoms with E-state index in [1.165, 1.54) is 11.3 Å². The molecular weight excluding hydrogens is 453 g/mol. The van der Waals surface area contributed by atoms with Crippen molar-refractivity contribution in [3.8, 4) is 0 Å². The first kappa shape index (κ1) is 24.3. The number of anilines is 1. The predicted octanol–water partition coefficient (Wildman–Crippen LogP) is 4.09. The van der Waals surface area contributed by atoms with E-state index in [9.17, 15) is 4.79 Å². The van der Waals surface area contributed by atoms with Gasteiger partial charge in [-0.25, -0.2) is 0 Å². The maximum atomic E-state index is 12.9. The predicted molar refractivity (Wildman–Crippen MR) is 131 cm³/mol. The molecule has 0 aliphatic carbocycles. The third-order valence-corrected chi connectivity index (χ3v) is 7.78. The number of rotatable bonds is 4. The van der Waals surface area contributed by atoms with Crippen molar-refractivity contribution in [1.82, 2.24) is 9.80 Å². The Morgan fingerprint density at radius 1 is 1.03 bits per heavy atom. The second-order valence-electron chi connectivity index (χ2n) is 8.42. The van der Waals surface area contributed by atoms with Crippen molar-refractivity contribution in [2.75, 3.05) is 44.7 Å². The van der Waals surface area contributed by atoms with Crippen LogP contribution in [0.3, 0.4) is 0 Å². The molecule has 3 aliphatic heterocycles. The number of fused-ring (bicyclic) bond motifs is 1. The number of carbonyl (C=O) groups is 1. The highest BCUT2D eigenvalue weighted by molar-refractivity contribution is 7.10. The number of hydrogen-bond acceptors (Lipinski definition) is 5. The standard InChI is InChI=1S/C23H29N3O2S.2ClH/c1-28-21-6-10-24(11-7-21)19-4-2-17(3-5-19)23(27)26-15-20(16-26)25-12-8-22-18(14-25)9-13-29-22;;/h2-5,9,13,20-21H,6-8,10-12,14-16H2,1H3;2*1H. The van der Waals surface area contributed by atoms with Gasteiger partial charge >= 0.3 is 0 Å². The van der Waals surface area contributed by atoms with Crippen molar-refractivity contribution in [3.05, 3.63) is 51.7 Å². The van der Waals surface area contributed by atoms with E-state index in [2.05, 4.69) is 33.4 Å². The maximum absolute atomic E-state index is 12.9. The van der Waals surface area contributed by atoms with Crippen LogP contribution in [0.5, 0.6) is 0 Å². The Morgan fingerprint density at radius 3 is 2.42 bits per heavy atom. The molecule has 1 aromatic heterocycles. The average Bonchev–Trinajstić information content (AvgIpc) is 3.21. The first-order chi connectivity index (χ1) is 14.2. The van der Waals surface area contributed by atoms with E-state index < -0.39 is 0 Å². The lowest BCUT2D eigenvalue weighted by molar-refractivity contribution is 0.0221. The summed E-state index contributed by atoms with van der Waals surface area (Å²) in [4.78, 5) is 21.3. The zero-order valence-corrected chi connectivity index (χ0v) is 20.3. The molecule has 0 saturated carbocycles. The van der Waals surface area contributed by atoms with Crippen LogP contribution in [0, 0.1) is 0 Å². The molecule has 31 heavy (non-hydrogen) atoms. The molecule has 0 bridgehead atoms. The Hall–Kier alpha value is -1.31. The fourth-order valence-corrected chi connectivity index (χ4v) is 5.67. The molecule has 5 rings (SSSR count). The molecule has 5 nitrogen and oxygen atoms in total. The molecule has 0 N–H and O–H groups in total. The van der Waals surface area contributed by atoms with Crippen LogP contribution in [0.25, 0.3) is 0 Å². The number of likely N-dealkylation sites (tertiary alicyclic amines) is 1. The minimum absolute atomic E-state index is 0. The second kappa shape index (κ2) is 10.5. The van der Waals surface area contributed by atoms with Gasteiger partial charge in [-0.15, -0.1) is 36.2 Å². The van der Waals surface area contributed by atoms with E-state index in [0.717, 1.165) is 64.1 Å². The Labute approximate surface area is 201 Å². The van der Waals surface area contributed by atoms with Gasteiger partial charge < -0.3 is 14.5 Å². The summed E-state index contributed by atoms with van der Waals surface area (Å²) in [6, 6.07) is 10.9. The molecule has 0 spiro atoms. The van der Waals surface area contributed by atoms with Gasteiger partial charge in [-0.3, -0.25) is 9.69 Å². The number of benzene rings is 1. The fraction of sp³-hybridized carbons (Fsp3) is 0.522. The van der Waals surface area contributed by atoms with Crippen molar-refractivity contribution in [2.45, 2.75) is 38.0 Å². The average molecular weight is 484 g/mol. The number of hydrogen-bond donors (Lipinski definition) is 0. The van der Waals surface area contributed by atoms with Gasteiger partial charge in [0.1, 0.15) is 0 Å². The normalized spacial score (nSPS) is 19.8. The summed E-state index contributed by atoms with van der Waals surface area (Å²) in [5, 5.41) is 2.20. The van der Waals surface area contributed by atoms with Crippen molar-refractivity contribution < 1.29 is 9.53 Å². The van der Waals surface area contributed by atoms with Gasteiger partial charge in [0.25, 0.3) is 5.91 Å². The van der Waals surface area contributed by atoms with Crippen LogP contribution in [-0.2, 0) is 17.7 Å². The molecule has 4 heterocycles. The van der Waals surface area contributed by atoms with Crippen LogP contribution in [0.2, 0.25) is 0 Å². The molecule has 1 amide bonds.